The van der Waals surface area contributed by atoms with Crippen molar-refractivity contribution in [1.29, 1.82) is 0 Å². The number of hydrogen-bond donors (Lipinski definition) is 1. The highest BCUT2D eigenvalue weighted by atomic mass is 35.5. The van der Waals surface area contributed by atoms with Crippen LogP contribution < -0.4 is 5.73 Å². The van der Waals surface area contributed by atoms with Crippen LogP contribution in [0.25, 0.3) is 0 Å². The standard InChI is InChI=1S/C27H40ClN3O5/c1-18(29)23(33)31-21(16-35-26(31,5)6)22(32)15-27(14-19-8-10-20(28)11-9-19)12-7-13-30(17-27)24(34)36-25(2,3)4/h8-11,18,21H,7,12-17,29H2,1-6H3/t18-,21-,27-/m0/s1. The minimum Gasteiger partial charge on any atom is -0.444 e. The van der Waals surface area contributed by atoms with Crippen LogP contribution >= 0.6 is 11.6 Å². The van der Waals surface area contributed by atoms with E-state index < -0.39 is 28.8 Å². The molecule has 3 atom stereocenters. The lowest BCUT2D eigenvalue weighted by molar-refractivity contribution is -0.150. The number of Topliss-reactive ketones (excluding diaryl/α,β-unsaturated/α-hetero) is 1. The van der Waals surface area contributed by atoms with Crippen molar-refractivity contribution in [2.45, 2.75) is 90.6 Å². The highest BCUT2D eigenvalue weighted by Crippen LogP contribution is 2.40. The molecule has 2 amide bonds. The molecule has 1 aromatic rings. The third-order valence-electron chi connectivity index (χ3n) is 6.84. The van der Waals surface area contributed by atoms with E-state index in [2.05, 4.69) is 0 Å². The Balaban J connectivity index is 1.89. The Labute approximate surface area is 219 Å². The number of hydrogen-bond acceptors (Lipinski definition) is 6. The third-order valence-corrected chi connectivity index (χ3v) is 7.09. The molecule has 36 heavy (non-hydrogen) atoms. The predicted molar refractivity (Wildman–Crippen MR) is 139 cm³/mol. The molecule has 2 fully saturated rings. The molecular weight excluding hydrogens is 482 g/mol. The lowest BCUT2D eigenvalue weighted by Crippen LogP contribution is -2.56. The van der Waals surface area contributed by atoms with Gasteiger partial charge >= 0.3 is 6.09 Å². The zero-order valence-electron chi connectivity index (χ0n) is 22.3. The van der Waals surface area contributed by atoms with Crippen molar-refractivity contribution in [3.63, 3.8) is 0 Å². The van der Waals surface area contributed by atoms with Crippen LogP contribution in [0.5, 0.6) is 0 Å². The summed E-state index contributed by atoms with van der Waals surface area (Å²) in [5, 5.41) is 0.637. The molecule has 0 spiro atoms. The number of nitrogens with zero attached hydrogens (tertiary/aromatic N) is 2. The van der Waals surface area contributed by atoms with Crippen molar-refractivity contribution in [2.75, 3.05) is 19.7 Å². The first kappa shape index (κ1) is 28.4. The number of carbonyl (C=O) groups is 3. The SMILES string of the molecule is C[C@H](N)C(=O)N1[C@H](C(=O)C[C@@]2(Cc3ccc(Cl)cc3)CCCN(C(=O)OC(C)(C)C)C2)COC1(C)C. The molecule has 2 saturated heterocycles. The van der Waals surface area contributed by atoms with Crippen LogP contribution in [0.2, 0.25) is 5.02 Å². The maximum Gasteiger partial charge on any atom is 0.410 e. The molecule has 1 aromatic carbocycles. The van der Waals surface area contributed by atoms with Gasteiger partial charge in [0.25, 0.3) is 0 Å². The molecule has 2 heterocycles. The van der Waals surface area contributed by atoms with Gasteiger partial charge in [0.05, 0.1) is 12.6 Å². The van der Waals surface area contributed by atoms with Crippen molar-refractivity contribution in [3.8, 4) is 0 Å². The van der Waals surface area contributed by atoms with E-state index in [4.69, 9.17) is 26.8 Å². The van der Waals surface area contributed by atoms with E-state index in [9.17, 15) is 14.4 Å². The number of benzene rings is 1. The highest BCUT2D eigenvalue weighted by Gasteiger charge is 2.49. The number of ketones is 1. The molecule has 0 unspecified atom stereocenters. The lowest BCUT2D eigenvalue weighted by atomic mass is 9.71. The zero-order valence-corrected chi connectivity index (χ0v) is 23.1. The van der Waals surface area contributed by atoms with Gasteiger partial charge < -0.3 is 25.0 Å². The largest absolute Gasteiger partial charge is 0.444 e. The van der Waals surface area contributed by atoms with Crippen LogP contribution in [0.15, 0.2) is 24.3 Å². The van der Waals surface area contributed by atoms with Gasteiger partial charge in [-0.05, 0) is 83.9 Å². The van der Waals surface area contributed by atoms with E-state index in [-0.39, 0.29) is 30.8 Å². The molecule has 2 N–H and O–H groups in total. The van der Waals surface area contributed by atoms with Gasteiger partial charge in [-0.15, -0.1) is 0 Å². The quantitative estimate of drug-likeness (QED) is 0.602. The Morgan fingerprint density at radius 3 is 2.44 bits per heavy atom. The summed E-state index contributed by atoms with van der Waals surface area (Å²) >= 11 is 6.10. The Morgan fingerprint density at radius 2 is 1.86 bits per heavy atom. The maximum absolute atomic E-state index is 13.8. The van der Waals surface area contributed by atoms with Gasteiger partial charge in [0.15, 0.2) is 5.78 Å². The number of piperidine rings is 1. The van der Waals surface area contributed by atoms with E-state index in [1.165, 1.54) is 4.90 Å². The number of carbonyl (C=O) groups excluding carboxylic acids is 3. The van der Waals surface area contributed by atoms with Crippen molar-refractivity contribution in [3.05, 3.63) is 34.9 Å². The van der Waals surface area contributed by atoms with E-state index in [1.54, 1.807) is 25.7 Å². The van der Waals surface area contributed by atoms with Gasteiger partial charge in [0, 0.05) is 24.5 Å². The Hall–Kier alpha value is -2.16. The number of likely N-dealkylation sites (tertiary alicyclic amines) is 1. The molecule has 0 bridgehead atoms. The smallest absolute Gasteiger partial charge is 0.410 e. The second kappa shape index (κ2) is 10.7. The summed E-state index contributed by atoms with van der Waals surface area (Å²) in [6.07, 6.45) is 1.91. The summed E-state index contributed by atoms with van der Waals surface area (Å²) in [6.45, 7) is 11.7. The van der Waals surface area contributed by atoms with Gasteiger partial charge in [-0.3, -0.25) is 9.59 Å². The number of rotatable bonds is 6. The third kappa shape index (κ3) is 6.78. The first-order chi connectivity index (χ1) is 16.6. The molecule has 0 aliphatic carbocycles. The summed E-state index contributed by atoms with van der Waals surface area (Å²) < 4.78 is 11.5. The summed E-state index contributed by atoms with van der Waals surface area (Å²) in [7, 11) is 0. The molecule has 8 nitrogen and oxygen atoms in total. The Morgan fingerprint density at radius 1 is 1.22 bits per heavy atom. The van der Waals surface area contributed by atoms with Crippen molar-refractivity contribution < 1.29 is 23.9 Å². The number of amides is 2. The lowest BCUT2D eigenvalue weighted by Gasteiger charge is -2.44. The van der Waals surface area contributed by atoms with Gasteiger partial charge in [-0.1, -0.05) is 23.7 Å². The van der Waals surface area contributed by atoms with Crippen LogP contribution in [0.1, 0.15) is 66.4 Å². The number of ether oxygens (including phenoxy) is 2. The fourth-order valence-corrected chi connectivity index (χ4v) is 5.37. The molecule has 0 aromatic heterocycles. The normalized spacial score (nSPS) is 24.9. The van der Waals surface area contributed by atoms with Crippen LogP contribution in [-0.2, 0) is 25.5 Å². The maximum atomic E-state index is 13.8. The second-order valence-corrected chi connectivity index (χ2v) is 12.2. The average Bonchev–Trinajstić information content (AvgIpc) is 3.08. The number of nitrogens with two attached hydrogens (primary N) is 1. The molecular formula is C27H40ClN3O5. The van der Waals surface area contributed by atoms with Crippen molar-refractivity contribution >= 4 is 29.4 Å². The molecule has 0 saturated carbocycles. The van der Waals surface area contributed by atoms with Crippen molar-refractivity contribution in [1.82, 2.24) is 9.80 Å². The molecule has 0 radical (unpaired) electrons. The average molecular weight is 522 g/mol. The monoisotopic (exact) mass is 521 g/mol. The Kier molecular flexibility index (Phi) is 8.43. The van der Waals surface area contributed by atoms with Crippen LogP contribution in [0.3, 0.4) is 0 Å². The van der Waals surface area contributed by atoms with Gasteiger partial charge in [0.2, 0.25) is 5.91 Å². The molecule has 9 heteroatoms. The van der Waals surface area contributed by atoms with Gasteiger partial charge in [-0.2, -0.15) is 0 Å². The summed E-state index contributed by atoms with van der Waals surface area (Å²) in [6, 6.07) is 6.09. The van der Waals surface area contributed by atoms with Crippen LogP contribution in [-0.4, -0.2) is 70.7 Å². The van der Waals surface area contributed by atoms with Gasteiger partial charge in [0.1, 0.15) is 17.4 Å². The van der Waals surface area contributed by atoms with Crippen molar-refractivity contribution in [2.24, 2.45) is 11.1 Å². The topological polar surface area (TPSA) is 102 Å². The fraction of sp³-hybridized carbons (Fsp3) is 0.667. The van der Waals surface area contributed by atoms with E-state index >= 15 is 0 Å². The predicted octanol–water partition coefficient (Wildman–Crippen LogP) is 4.17. The molecule has 200 valence electrons. The van der Waals surface area contributed by atoms with E-state index in [0.29, 0.717) is 24.5 Å². The summed E-state index contributed by atoms with van der Waals surface area (Å²) in [5.41, 5.74) is 4.87. The molecule has 2 aliphatic rings. The fourth-order valence-electron chi connectivity index (χ4n) is 5.24. The Bertz CT molecular complexity index is 973. The minimum absolute atomic E-state index is 0.0884. The molecule has 2 aliphatic heterocycles. The zero-order chi connectivity index (χ0) is 26.9. The van der Waals surface area contributed by atoms with E-state index in [1.807, 2.05) is 45.0 Å². The molecule has 3 rings (SSSR count). The van der Waals surface area contributed by atoms with Gasteiger partial charge in [-0.25, -0.2) is 4.79 Å². The summed E-state index contributed by atoms with van der Waals surface area (Å²) in [4.78, 5) is 42.9. The summed E-state index contributed by atoms with van der Waals surface area (Å²) in [5.74, 6) is -0.406. The highest BCUT2D eigenvalue weighted by molar-refractivity contribution is 6.30. The first-order valence-corrected chi connectivity index (χ1v) is 13.0. The van der Waals surface area contributed by atoms with Crippen LogP contribution in [0, 0.1) is 5.41 Å². The van der Waals surface area contributed by atoms with Crippen LogP contribution in [0.4, 0.5) is 4.79 Å². The minimum atomic E-state index is -0.927. The first-order valence-electron chi connectivity index (χ1n) is 12.6. The number of halogens is 1. The second-order valence-electron chi connectivity index (χ2n) is 11.7. The van der Waals surface area contributed by atoms with E-state index in [0.717, 1.165) is 18.4 Å².